The second kappa shape index (κ2) is 9.36. The number of hydrogen-bond acceptors (Lipinski definition) is 6. The molecule has 0 aliphatic carbocycles. The smallest absolute Gasteiger partial charge is 0.180 e. The topological polar surface area (TPSA) is 80.1 Å². The predicted molar refractivity (Wildman–Crippen MR) is 92.3 cm³/mol. The van der Waals surface area contributed by atoms with Crippen LogP contribution in [0.5, 0.6) is 11.5 Å². The number of nitrogens with one attached hydrogen (secondary N) is 1. The molecule has 2 aromatic rings. The zero-order valence-electron chi connectivity index (χ0n) is 14.1. The standard InChI is InChI=1S/C18H22N4O2/c1-3-4-9-20-18-17(13-21-14(2)22-18)24-11-10-23-16-7-5-15(12-19)6-8-16/h5-8,13H,3-4,9-11H2,1-2H3,(H,20,21,22). The zero-order chi connectivity index (χ0) is 17.2. The average molecular weight is 326 g/mol. The number of anilines is 1. The summed E-state index contributed by atoms with van der Waals surface area (Å²) >= 11 is 0. The summed E-state index contributed by atoms with van der Waals surface area (Å²) in [6.45, 7) is 5.63. The number of aryl methyl sites for hydroxylation is 1. The number of nitrogens with zero attached hydrogens (tertiary/aromatic N) is 3. The molecular formula is C18H22N4O2. The van der Waals surface area contributed by atoms with Gasteiger partial charge >= 0.3 is 0 Å². The van der Waals surface area contributed by atoms with E-state index in [1.54, 1.807) is 30.5 Å². The molecule has 6 nitrogen and oxygen atoms in total. The average Bonchev–Trinajstić information content (AvgIpc) is 2.61. The van der Waals surface area contributed by atoms with Crippen molar-refractivity contribution in [1.82, 2.24) is 9.97 Å². The molecule has 0 atom stereocenters. The van der Waals surface area contributed by atoms with E-state index >= 15 is 0 Å². The quantitative estimate of drug-likeness (QED) is 0.712. The van der Waals surface area contributed by atoms with E-state index in [1.807, 2.05) is 6.92 Å². The Morgan fingerprint density at radius 3 is 2.62 bits per heavy atom. The van der Waals surface area contributed by atoms with Gasteiger partial charge in [0.25, 0.3) is 0 Å². The van der Waals surface area contributed by atoms with Gasteiger partial charge in [-0.1, -0.05) is 13.3 Å². The highest BCUT2D eigenvalue weighted by Crippen LogP contribution is 2.21. The third-order valence-corrected chi connectivity index (χ3v) is 3.29. The summed E-state index contributed by atoms with van der Waals surface area (Å²) in [6, 6.07) is 9.06. The van der Waals surface area contributed by atoms with Gasteiger partial charge in [0.1, 0.15) is 24.8 Å². The second-order valence-electron chi connectivity index (χ2n) is 5.24. The van der Waals surface area contributed by atoms with Crippen molar-refractivity contribution in [3.05, 3.63) is 41.9 Å². The van der Waals surface area contributed by atoms with Crippen molar-refractivity contribution < 1.29 is 9.47 Å². The first-order chi connectivity index (χ1) is 11.7. The van der Waals surface area contributed by atoms with Gasteiger partial charge in [-0.2, -0.15) is 5.26 Å². The lowest BCUT2D eigenvalue weighted by molar-refractivity contribution is 0.217. The van der Waals surface area contributed by atoms with Crippen LogP contribution in [-0.2, 0) is 0 Å². The second-order valence-corrected chi connectivity index (χ2v) is 5.24. The number of aromatic nitrogens is 2. The van der Waals surface area contributed by atoms with E-state index in [4.69, 9.17) is 14.7 Å². The molecule has 1 aromatic carbocycles. The Morgan fingerprint density at radius 1 is 1.17 bits per heavy atom. The van der Waals surface area contributed by atoms with E-state index in [9.17, 15) is 0 Å². The molecule has 0 fully saturated rings. The van der Waals surface area contributed by atoms with Gasteiger partial charge in [-0.15, -0.1) is 0 Å². The molecular weight excluding hydrogens is 304 g/mol. The van der Waals surface area contributed by atoms with Crippen molar-refractivity contribution in [3.8, 4) is 17.6 Å². The van der Waals surface area contributed by atoms with E-state index in [1.165, 1.54) is 0 Å². The van der Waals surface area contributed by atoms with E-state index in [2.05, 4.69) is 28.3 Å². The Balaban J connectivity index is 1.83. The molecule has 1 heterocycles. The van der Waals surface area contributed by atoms with Crippen molar-refractivity contribution in [2.45, 2.75) is 26.7 Å². The zero-order valence-corrected chi connectivity index (χ0v) is 14.1. The summed E-state index contributed by atoms with van der Waals surface area (Å²) in [5.74, 6) is 2.75. The summed E-state index contributed by atoms with van der Waals surface area (Å²) in [6.07, 6.45) is 3.87. The Morgan fingerprint density at radius 2 is 1.92 bits per heavy atom. The maximum Gasteiger partial charge on any atom is 0.180 e. The molecule has 0 saturated heterocycles. The molecule has 0 amide bonds. The van der Waals surface area contributed by atoms with Crippen LogP contribution in [0, 0.1) is 18.3 Å². The number of ether oxygens (including phenoxy) is 2. The lowest BCUT2D eigenvalue weighted by Crippen LogP contribution is -2.12. The van der Waals surface area contributed by atoms with E-state index in [0.717, 1.165) is 19.4 Å². The lowest BCUT2D eigenvalue weighted by atomic mass is 10.2. The Hall–Kier alpha value is -2.81. The Kier molecular flexibility index (Phi) is 6.84. The van der Waals surface area contributed by atoms with Crippen LogP contribution >= 0.6 is 0 Å². The van der Waals surface area contributed by atoms with Gasteiger partial charge in [0.05, 0.1) is 17.8 Å². The Labute approximate surface area is 142 Å². The van der Waals surface area contributed by atoms with Crippen LogP contribution in [0.3, 0.4) is 0 Å². The summed E-state index contributed by atoms with van der Waals surface area (Å²) in [5, 5.41) is 12.0. The molecule has 0 radical (unpaired) electrons. The van der Waals surface area contributed by atoms with Crippen LogP contribution in [0.25, 0.3) is 0 Å². The Bertz CT molecular complexity index is 680. The van der Waals surface area contributed by atoms with Crippen molar-refractivity contribution in [1.29, 1.82) is 5.26 Å². The lowest BCUT2D eigenvalue weighted by Gasteiger charge is -2.13. The van der Waals surface area contributed by atoms with Crippen LogP contribution in [-0.4, -0.2) is 29.7 Å². The summed E-state index contributed by atoms with van der Waals surface area (Å²) in [4.78, 5) is 8.56. The number of nitriles is 1. The fourth-order valence-electron chi connectivity index (χ4n) is 2.01. The molecule has 0 aliphatic heterocycles. The highest BCUT2D eigenvalue weighted by atomic mass is 16.5. The third-order valence-electron chi connectivity index (χ3n) is 3.29. The van der Waals surface area contributed by atoms with Crippen molar-refractivity contribution in [3.63, 3.8) is 0 Å². The third kappa shape index (κ3) is 5.43. The molecule has 0 aliphatic rings. The highest BCUT2D eigenvalue weighted by Gasteiger charge is 2.06. The highest BCUT2D eigenvalue weighted by molar-refractivity contribution is 5.48. The molecule has 1 N–H and O–H groups in total. The van der Waals surface area contributed by atoms with Gasteiger partial charge < -0.3 is 14.8 Å². The monoisotopic (exact) mass is 326 g/mol. The molecule has 1 aromatic heterocycles. The summed E-state index contributed by atoms with van der Waals surface area (Å²) in [7, 11) is 0. The first kappa shape index (κ1) is 17.5. The number of benzene rings is 1. The van der Waals surface area contributed by atoms with Gasteiger partial charge in [-0.3, -0.25) is 0 Å². The van der Waals surface area contributed by atoms with E-state index in [0.29, 0.717) is 41.9 Å². The number of unbranched alkanes of at least 4 members (excludes halogenated alkanes) is 1. The van der Waals surface area contributed by atoms with Crippen molar-refractivity contribution in [2.75, 3.05) is 25.1 Å². The first-order valence-corrected chi connectivity index (χ1v) is 8.06. The molecule has 126 valence electrons. The fraction of sp³-hybridized carbons (Fsp3) is 0.389. The minimum atomic E-state index is 0.384. The summed E-state index contributed by atoms with van der Waals surface area (Å²) < 4.78 is 11.3. The molecule has 0 bridgehead atoms. The molecule has 2 rings (SSSR count). The molecule has 0 saturated carbocycles. The van der Waals surface area contributed by atoms with Crippen LogP contribution in [0.4, 0.5) is 5.82 Å². The number of rotatable bonds is 9. The molecule has 0 spiro atoms. The largest absolute Gasteiger partial charge is 0.490 e. The van der Waals surface area contributed by atoms with Crippen molar-refractivity contribution in [2.24, 2.45) is 0 Å². The molecule has 0 unspecified atom stereocenters. The van der Waals surface area contributed by atoms with Gasteiger partial charge in [0.15, 0.2) is 11.6 Å². The van der Waals surface area contributed by atoms with Gasteiger partial charge in [-0.25, -0.2) is 9.97 Å². The van der Waals surface area contributed by atoms with Gasteiger partial charge in [-0.05, 0) is 37.6 Å². The summed E-state index contributed by atoms with van der Waals surface area (Å²) in [5.41, 5.74) is 0.609. The van der Waals surface area contributed by atoms with Crippen LogP contribution in [0.1, 0.15) is 31.2 Å². The minimum absolute atomic E-state index is 0.384. The van der Waals surface area contributed by atoms with Gasteiger partial charge in [0.2, 0.25) is 0 Å². The predicted octanol–water partition coefficient (Wildman–Crippen LogP) is 3.33. The first-order valence-electron chi connectivity index (χ1n) is 8.06. The van der Waals surface area contributed by atoms with E-state index in [-0.39, 0.29) is 0 Å². The normalized spacial score (nSPS) is 10.0. The van der Waals surface area contributed by atoms with Gasteiger partial charge in [0, 0.05) is 6.54 Å². The maximum absolute atomic E-state index is 8.76. The number of hydrogen-bond donors (Lipinski definition) is 1. The molecule has 24 heavy (non-hydrogen) atoms. The van der Waals surface area contributed by atoms with E-state index < -0.39 is 0 Å². The maximum atomic E-state index is 8.76. The minimum Gasteiger partial charge on any atom is -0.490 e. The van der Waals surface area contributed by atoms with Crippen molar-refractivity contribution >= 4 is 5.82 Å². The molecule has 6 heteroatoms. The van der Waals surface area contributed by atoms with Crippen LogP contribution in [0.15, 0.2) is 30.5 Å². The van der Waals surface area contributed by atoms with Crippen LogP contribution in [0.2, 0.25) is 0 Å². The van der Waals surface area contributed by atoms with Crippen LogP contribution < -0.4 is 14.8 Å². The fourth-order valence-corrected chi connectivity index (χ4v) is 2.01. The SMILES string of the molecule is CCCCNc1nc(C)ncc1OCCOc1ccc(C#N)cc1.